The first kappa shape index (κ1) is 12.0. The Bertz CT molecular complexity index is 457. The molecule has 0 amide bonds. The number of alkyl halides is 3. The maximum Gasteiger partial charge on any atom is 0.458 e. The van der Waals surface area contributed by atoms with Crippen molar-refractivity contribution in [1.82, 2.24) is 4.98 Å². The summed E-state index contributed by atoms with van der Waals surface area (Å²) in [5.74, 6) is 2.25. The molecule has 0 spiro atoms. The number of esters is 1. The molecular weight excluding hydrogens is 223 g/mol. The second-order valence-corrected chi connectivity index (χ2v) is 2.67. The van der Waals surface area contributed by atoms with E-state index in [1.807, 2.05) is 5.92 Å². The van der Waals surface area contributed by atoms with Crippen LogP contribution in [0.25, 0.3) is 0 Å². The van der Waals surface area contributed by atoms with Crippen LogP contribution >= 0.6 is 0 Å². The van der Waals surface area contributed by atoms with Crippen LogP contribution in [-0.2, 0) is 4.74 Å². The second kappa shape index (κ2) is 4.66. The predicted octanol–water partition coefficient (Wildman–Crippen LogP) is 1.78. The predicted molar refractivity (Wildman–Crippen MR) is 48.5 cm³/mol. The minimum Gasteiger partial charge on any atom is -0.464 e. The molecule has 0 N–H and O–H groups in total. The molecule has 0 bridgehead atoms. The summed E-state index contributed by atoms with van der Waals surface area (Å²) in [6.45, 7) is 0. The lowest BCUT2D eigenvalue weighted by molar-refractivity contribution is -0.0696. The van der Waals surface area contributed by atoms with E-state index in [9.17, 15) is 18.0 Å². The molecule has 0 aliphatic rings. The van der Waals surface area contributed by atoms with Crippen molar-refractivity contribution in [3.63, 3.8) is 0 Å². The normalized spacial score (nSPS) is 10.2. The Kier molecular flexibility index (Phi) is 3.51. The van der Waals surface area contributed by atoms with Crippen molar-refractivity contribution in [2.45, 2.75) is 6.18 Å². The van der Waals surface area contributed by atoms with Crippen LogP contribution in [0.4, 0.5) is 13.2 Å². The molecule has 0 saturated heterocycles. The van der Waals surface area contributed by atoms with Gasteiger partial charge in [0.15, 0.2) is 0 Å². The number of hydrogen-bond acceptors (Lipinski definition) is 3. The Morgan fingerprint density at radius 3 is 2.75 bits per heavy atom. The Morgan fingerprint density at radius 2 is 2.19 bits per heavy atom. The quantitative estimate of drug-likeness (QED) is 0.544. The third-order valence-corrected chi connectivity index (χ3v) is 1.50. The molecule has 0 atom stereocenters. The van der Waals surface area contributed by atoms with E-state index in [2.05, 4.69) is 9.72 Å². The zero-order valence-corrected chi connectivity index (χ0v) is 8.13. The number of carbonyl (C=O) groups is 1. The number of nitrogens with zero attached hydrogens (tertiary/aromatic N) is 1. The first-order valence-corrected chi connectivity index (χ1v) is 4.06. The van der Waals surface area contributed by atoms with Crippen molar-refractivity contribution in [1.29, 1.82) is 0 Å². The Labute approximate surface area is 89.2 Å². The van der Waals surface area contributed by atoms with Gasteiger partial charge in [0.2, 0.25) is 0 Å². The van der Waals surface area contributed by atoms with Gasteiger partial charge in [0, 0.05) is 17.7 Å². The highest BCUT2D eigenvalue weighted by molar-refractivity contribution is 5.87. The van der Waals surface area contributed by atoms with Crippen LogP contribution in [0.15, 0.2) is 18.3 Å². The largest absolute Gasteiger partial charge is 0.464 e. The average Bonchev–Trinajstić information content (AvgIpc) is 2.25. The highest BCUT2D eigenvalue weighted by atomic mass is 19.4. The van der Waals surface area contributed by atoms with Gasteiger partial charge in [-0.05, 0) is 12.1 Å². The first-order valence-electron chi connectivity index (χ1n) is 4.06. The summed E-state index contributed by atoms with van der Waals surface area (Å²) in [6.07, 6.45) is -3.37. The van der Waals surface area contributed by atoms with Gasteiger partial charge < -0.3 is 4.74 Å². The van der Waals surface area contributed by atoms with E-state index in [4.69, 9.17) is 0 Å². The molecule has 16 heavy (non-hydrogen) atoms. The van der Waals surface area contributed by atoms with E-state index >= 15 is 0 Å². The smallest absolute Gasteiger partial charge is 0.458 e. The zero-order chi connectivity index (χ0) is 12.2. The Morgan fingerprint density at radius 1 is 1.50 bits per heavy atom. The van der Waals surface area contributed by atoms with Gasteiger partial charge in [-0.15, -0.1) is 0 Å². The van der Waals surface area contributed by atoms with Crippen LogP contribution in [0, 0.1) is 11.8 Å². The van der Waals surface area contributed by atoms with Crippen molar-refractivity contribution in [2.75, 3.05) is 7.11 Å². The van der Waals surface area contributed by atoms with Crippen LogP contribution in [0.2, 0.25) is 0 Å². The van der Waals surface area contributed by atoms with Crippen LogP contribution in [-0.4, -0.2) is 24.2 Å². The third kappa shape index (κ3) is 3.61. The average molecular weight is 229 g/mol. The van der Waals surface area contributed by atoms with Gasteiger partial charge in [-0.25, -0.2) is 9.78 Å². The van der Waals surface area contributed by atoms with Gasteiger partial charge >= 0.3 is 12.1 Å². The van der Waals surface area contributed by atoms with Crippen molar-refractivity contribution in [3.8, 4) is 11.8 Å². The molecule has 1 heterocycles. The molecular formula is C10H6F3NO2. The standard InChI is InChI=1S/C10H6F3NO2/c1-16-9(15)8-6-7(3-5-14-8)2-4-10(11,12)13/h3,5-6H,1H3. The van der Waals surface area contributed by atoms with Gasteiger partial charge in [0.05, 0.1) is 7.11 Å². The fourth-order valence-corrected chi connectivity index (χ4v) is 0.868. The molecule has 0 aliphatic carbocycles. The summed E-state index contributed by atoms with van der Waals surface area (Å²) >= 11 is 0. The van der Waals surface area contributed by atoms with Crippen molar-refractivity contribution >= 4 is 5.97 Å². The summed E-state index contributed by atoms with van der Waals surface area (Å²) < 4.78 is 39.7. The minimum atomic E-state index is -4.56. The molecule has 0 fully saturated rings. The summed E-state index contributed by atoms with van der Waals surface area (Å²) in [7, 11) is 1.15. The lowest BCUT2D eigenvalue weighted by Crippen LogP contribution is -2.04. The van der Waals surface area contributed by atoms with Gasteiger partial charge in [0.1, 0.15) is 5.69 Å². The number of carbonyl (C=O) groups excluding carboxylic acids is 1. The van der Waals surface area contributed by atoms with Crippen molar-refractivity contribution < 1.29 is 22.7 Å². The number of aromatic nitrogens is 1. The SMILES string of the molecule is COC(=O)c1cc(C#CC(F)(F)F)ccn1. The Hall–Kier alpha value is -2.03. The number of halogens is 3. The maximum atomic E-state index is 11.8. The fourth-order valence-electron chi connectivity index (χ4n) is 0.868. The molecule has 84 valence electrons. The van der Waals surface area contributed by atoms with E-state index in [0.717, 1.165) is 19.1 Å². The van der Waals surface area contributed by atoms with Crippen LogP contribution in [0.5, 0.6) is 0 Å². The lowest BCUT2D eigenvalue weighted by Gasteiger charge is -1.98. The highest BCUT2D eigenvalue weighted by Crippen LogP contribution is 2.12. The van der Waals surface area contributed by atoms with E-state index in [-0.39, 0.29) is 11.3 Å². The summed E-state index contributed by atoms with van der Waals surface area (Å²) in [5.41, 5.74) is -0.0378. The minimum absolute atomic E-state index is 0.0488. The van der Waals surface area contributed by atoms with Crippen LogP contribution in [0.3, 0.4) is 0 Å². The molecule has 0 unspecified atom stereocenters. The van der Waals surface area contributed by atoms with E-state index < -0.39 is 12.1 Å². The maximum absolute atomic E-state index is 11.8. The fraction of sp³-hybridized carbons (Fsp3) is 0.200. The van der Waals surface area contributed by atoms with Gasteiger partial charge in [-0.1, -0.05) is 5.92 Å². The molecule has 1 rings (SSSR count). The molecule has 0 aliphatic heterocycles. The van der Waals surface area contributed by atoms with Crippen LogP contribution < -0.4 is 0 Å². The molecule has 0 saturated carbocycles. The van der Waals surface area contributed by atoms with E-state index in [1.54, 1.807) is 0 Å². The van der Waals surface area contributed by atoms with Crippen molar-refractivity contribution in [3.05, 3.63) is 29.6 Å². The molecule has 6 heteroatoms. The van der Waals surface area contributed by atoms with Crippen LogP contribution in [0.1, 0.15) is 16.1 Å². The second-order valence-electron chi connectivity index (χ2n) is 2.67. The van der Waals surface area contributed by atoms with Gasteiger partial charge in [0.25, 0.3) is 0 Å². The topological polar surface area (TPSA) is 39.2 Å². The third-order valence-electron chi connectivity index (χ3n) is 1.50. The molecule has 0 aromatic carbocycles. The number of hydrogen-bond donors (Lipinski definition) is 0. The van der Waals surface area contributed by atoms with Gasteiger partial charge in [-0.3, -0.25) is 0 Å². The van der Waals surface area contributed by atoms with Crippen molar-refractivity contribution in [2.24, 2.45) is 0 Å². The molecule has 1 aromatic heterocycles. The monoisotopic (exact) mass is 229 g/mol. The number of ether oxygens (including phenoxy) is 1. The van der Waals surface area contributed by atoms with E-state index in [0.29, 0.717) is 0 Å². The zero-order valence-electron chi connectivity index (χ0n) is 8.13. The molecule has 1 aromatic rings. The summed E-state index contributed by atoms with van der Waals surface area (Å²) in [6, 6.07) is 2.40. The molecule has 0 radical (unpaired) electrons. The van der Waals surface area contributed by atoms with E-state index in [1.165, 1.54) is 12.3 Å². The number of methoxy groups -OCH3 is 1. The number of pyridine rings is 1. The Balaban J connectivity index is 2.99. The molecule has 3 nitrogen and oxygen atoms in total. The number of rotatable bonds is 1. The highest BCUT2D eigenvalue weighted by Gasteiger charge is 2.22. The summed E-state index contributed by atoms with van der Waals surface area (Å²) in [5, 5.41) is 0. The first-order chi connectivity index (χ1) is 7.42. The lowest BCUT2D eigenvalue weighted by atomic mass is 10.2. The van der Waals surface area contributed by atoms with Gasteiger partial charge in [-0.2, -0.15) is 13.2 Å². The summed E-state index contributed by atoms with van der Waals surface area (Å²) in [4.78, 5) is 14.6.